The first kappa shape index (κ1) is 17.3. The highest BCUT2D eigenvalue weighted by Gasteiger charge is 2.48. The summed E-state index contributed by atoms with van der Waals surface area (Å²) in [5, 5.41) is 13.6. The highest BCUT2D eigenvalue weighted by molar-refractivity contribution is 5.94. The van der Waals surface area contributed by atoms with Crippen molar-refractivity contribution in [1.29, 1.82) is 0 Å². The number of nitrogens with zero attached hydrogens (tertiary/aromatic N) is 1. The first-order valence-electron chi connectivity index (χ1n) is 8.44. The van der Waals surface area contributed by atoms with Crippen LogP contribution in [0.4, 0.5) is 4.39 Å². The maximum absolute atomic E-state index is 13.0. The lowest BCUT2D eigenvalue weighted by molar-refractivity contribution is -0.189. The number of benzene rings is 1. The number of ether oxygens (including phenoxy) is 1. The Bertz CT molecular complexity index is 595. The maximum atomic E-state index is 13.0. The van der Waals surface area contributed by atoms with E-state index in [1.165, 1.54) is 24.3 Å². The van der Waals surface area contributed by atoms with Crippen molar-refractivity contribution in [1.82, 2.24) is 10.2 Å². The van der Waals surface area contributed by atoms with Crippen molar-refractivity contribution in [2.24, 2.45) is 0 Å². The number of amides is 1. The second kappa shape index (κ2) is 6.43. The molecule has 1 aromatic carbocycles. The van der Waals surface area contributed by atoms with Crippen molar-refractivity contribution < 1.29 is 19.0 Å². The number of halogens is 1. The molecule has 2 N–H and O–H groups in total. The van der Waals surface area contributed by atoms with Gasteiger partial charge in [0.25, 0.3) is 5.91 Å². The predicted molar refractivity (Wildman–Crippen MR) is 88.3 cm³/mol. The van der Waals surface area contributed by atoms with E-state index in [1.807, 2.05) is 7.05 Å². The van der Waals surface area contributed by atoms with Gasteiger partial charge in [-0.15, -0.1) is 0 Å². The zero-order valence-corrected chi connectivity index (χ0v) is 14.2. The molecular formula is C18H25FN2O3. The Balaban J connectivity index is 1.63. The number of likely N-dealkylation sites (N-methyl/N-ethyl adjacent to an activating group) is 1. The van der Waals surface area contributed by atoms with Crippen LogP contribution in [0.1, 0.15) is 36.5 Å². The second-order valence-corrected chi connectivity index (χ2v) is 7.17. The van der Waals surface area contributed by atoms with Crippen LogP contribution in [0.5, 0.6) is 0 Å². The molecule has 0 saturated carbocycles. The van der Waals surface area contributed by atoms with Crippen molar-refractivity contribution in [3.05, 3.63) is 35.6 Å². The van der Waals surface area contributed by atoms with E-state index in [0.29, 0.717) is 25.3 Å². The number of nitrogens with one attached hydrogen (secondary N) is 1. The van der Waals surface area contributed by atoms with Crippen LogP contribution in [0.3, 0.4) is 0 Å². The van der Waals surface area contributed by atoms with Gasteiger partial charge in [0.05, 0.1) is 12.2 Å². The highest BCUT2D eigenvalue weighted by atomic mass is 19.1. The SMILES string of the molecule is CN[C@H]1CC2(CCN(C(=O)c3ccc(F)cc3)CC2)OC[C@]1(C)O. The van der Waals surface area contributed by atoms with Crippen LogP contribution in [0.25, 0.3) is 0 Å². The minimum absolute atomic E-state index is 0.0226. The molecule has 6 heteroatoms. The van der Waals surface area contributed by atoms with Gasteiger partial charge in [-0.1, -0.05) is 0 Å². The van der Waals surface area contributed by atoms with E-state index in [1.54, 1.807) is 11.8 Å². The van der Waals surface area contributed by atoms with Gasteiger partial charge >= 0.3 is 0 Å². The third-order valence-electron chi connectivity index (χ3n) is 5.40. The van der Waals surface area contributed by atoms with Crippen LogP contribution < -0.4 is 5.32 Å². The fraction of sp³-hybridized carbons (Fsp3) is 0.611. The third-order valence-corrected chi connectivity index (χ3v) is 5.40. The number of carbonyl (C=O) groups excluding carboxylic acids is 1. The van der Waals surface area contributed by atoms with Gasteiger partial charge in [0, 0.05) is 24.7 Å². The Morgan fingerprint density at radius 3 is 2.54 bits per heavy atom. The summed E-state index contributed by atoms with van der Waals surface area (Å²) in [6, 6.07) is 5.64. The predicted octanol–water partition coefficient (Wildman–Crippen LogP) is 1.56. The Labute approximate surface area is 141 Å². The number of carbonyl (C=O) groups is 1. The van der Waals surface area contributed by atoms with Gasteiger partial charge in [0.15, 0.2) is 0 Å². The molecule has 2 aliphatic heterocycles. The normalized spacial score (nSPS) is 29.7. The summed E-state index contributed by atoms with van der Waals surface area (Å²) in [4.78, 5) is 14.3. The van der Waals surface area contributed by atoms with E-state index in [0.717, 1.165) is 19.3 Å². The van der Waals surface area contributed by atoms with Gasteiger partial charge in [0.2, 0.25) is 0 Å². The zero-order valence-electron chi connectivity index (χ0n) is 14.2. The molecule has 2 atom stereocenters. The lowest BCUT2D eigenvalue weighted by atomic mass is 9.77. The van der Waals surface area contributed by atoms with Crippen molar-refractivity contribution in [3.8, 4) is 0 Å². The fourth-order valence-electron chi connectivity index (χ4n) is 3.70. The van der Waals surface area contributed by atoms with Gasteiger partial charge in [-0.25, -0.2) is 4.39 Å². The largest absolute Gasteiger partial charge is 0.386 e. The average Bonchev–Trinajstić information content (AvgIpc) is 2.58. The molecule has 2 saturated heterocycles. The molecule has 0 bridgehead atoms. The molecule has 0 aromatic heterocycles. The molecule has 0 unspecified atom stereocenters. The fourth-order valence-corrected chi connectivity index (χ4v) is 3.70. The molecule has 0 radical (unpaired) electrons. The van der Waals surface area contributed by atoms with E-state index in [4.69, 9.17) is 4.74 Å². The second-order valence-electron chi connectivity index (χ2n) is 7.17. The van der Waals surface area contributed by atoms with E-state index in [2.05, 4.69) is 5.32 Å². The Morgan fingerprint density at radius 2 is 1.96 bits per heavy atom. The molecule has 1 amide bonds. The van der Waals surface area contributed by atoms with Crippen LogP contribution in [-0.2, 0) is 4.74 Å². The summed E-state index contributed by atoms with van der Waals surface area (Å²) in [7, 11) is 1.85. The minimum Gasteiger partial charge on any atom is -0.386 e. The molecule has 3 rings (SSSR count). The average molecular weight is 336 g/mol. The number of aliphatic hydroxyl groups is 1. The summed E-state index contributed by atoms with van der Waals surface area (Å²) in [5.41, 5.74) is -0.649. The minimum atomic E-state index is -0.874. The molecule has 0 aliphatic carbocycles. The summed E-state index contributed by atoms with van der Waals surface area (Å²) in [5.74, 6) is -0.414. The van der Waals surface area contributed by atoms with Gasteiger partial charge in [0.1, 0.15) is 11.4 Å². The third kappa shape index (κ3) is 3.31. The van der Waals surface area contributed by atoms with Gasteiger partial charge < -0.3 is 20.1 Å². The number of hydrogen-bond donors (Lipinski definition) is 2. The summed E-state index contributed by atoms with van der Waals surface area (Å²) < 4.78 is 19.0. The number of piperidine rings is 1. The van der Waals surface area contributed by atoms with Gasteiger partial charge in [-0.3, -0.25) is 4.79 Å². The molecule has 132 valence electrons. The van der Waals surface area contributed by atoms with Crippen LogP contribution in [0.2, 0.25) is 0 Å². The smallest absolute Gasteiger partial charge is 0.253 e. The van der Waals surface area contributed by atoms with Crippen molar-refractivity contribution in [2.45, 2.75) is 43.4 Å². The monoisotopic (exact) mass is 336 g/mol. The molecule has 1 spiro atoms. The topological polar surface area (TPSA) is 61.8 Å². The first-order valence-corrected chi connectivity index (χ1v) is 8.44. The molecule has 5 nitrogen and oxygen atoms in total. The summed E-state index contributed by atoms with van der Waals surface area (Å²) in [6.07, 6.45) is 2.22. The molecule has 2 fully saturated rings. The van der Waals surface area contributed by atoms with Crippen molar-refractivity contribution in [2.75, 3.05) is 26.7 Å². The number of rotatable bonds is 2. The molecule has 2 heterocycles. The molecular weight excluding hydrogens is 311 g/mol. The van der Waals surface area contributed by atoms with E-state index in [-0.39, 0.29) is 23.4 Å². The van der Waals surface area contributed by atoms with E-state index >= 15 is 0 Å². The lowest BCUT2D eigenvalue weighted by Gasteiger charge is -2.50. The Kier molecular flexibility index (Phi) is 4.64. The molecule has 1 aromatic rings. The van der Waals surface area contributed by atoms with Gasteiger partial charge in [-0.05, 0) is 57.5 Å². The Morgan fingerprint density at radius 1 is 1.33 bits per heavy atom. The Hall–Kier alpha value is -1.50. The highest BCUT2D eigenvalue weighted by Crippen LogP contribution is 2.38. The standard InChI is InChI=1S/C18H25FN2O3/c1-17(23)12-24-18(11-15(17)20-2)7-9-21(10-8-18)16(22)13-3-5-14(19)6-4-13/h3-6,15,20,23H,7-12H2,1-2H3/t15-,17-/m0/s1. The molecule has 24 heavy (non-hydrogen) atoms. The summed E-state index contributed by atoms with van der Waals surface area (Å²) in [6.45, 7) is 3.29. The zero-order chi connectivity index (χ0) is 17.4. The number of hydrogen-bond acceptors (Lipinski definition) is 4. The quantitative estimate of drug-likeness (QED) is 0.860. The van der Waals surface area contributed by atoms with Crippen LogP contribution >= 0.6 is 0 Å². The maximum Gasteiger partial charge on any atom is 0.253 e. The lowest BCUT2D eigenvalue weighted by Crippen LogP contribution is -2.62. The van der Waals surface area contributed by atoms with E-state index < -0.39 is 5.60 Å². The van der Waals surface area contributed by atoms with Crippen LogP contribution in [-0.4, -0.2) is 59.9 Å². The number of likely N-dealkylation sites (tertiary alicyclic amines) is 1. The van der Waals surface area contributed by atoms with Crippen molar-refractivity contribution >= 4 is 5.91 Å². The van der Waals surface area contributed by atoms with Crippen LogP contribution in [0.15, 0.2) is 24.3 Å². The molecule has 2 aliphatic rings. The van der Waals surface area contributed by atoms with E-state index in [9.17, 15) is 14.3 Å². The van der Waals surface area contributed by atoms with Gasteiger partial charge in [-0.2, -0.15) is 0 Å². The first-order chi connectivity index (χ1) is 11.4. The summed E-state index contributed by atoms with van der Waals surface area (Å²) >= 11 is 0. The van der Waals surface area contributed by atoms with Crippen LogP contribution in [0, 0.1) is 5.82 Å². The van der Waals surface area contributed by atoms with Crippen molar-refractivity contribution in [3.63, 3.8) is 0 Å².